The van der Waals surface area contributed by atoms with Gasteiger partial charge in [-0.1, -0.05) is 5.21 Å². The fourth-order valence-electron chi connectivity index (χ4n) is 1.29. The maximum atomic E-state index is 12.1. The number of aryl methyl sites for hydroxylation is 2. The van der Waals surface area contributed by atoms with Crippen LogP contribution in [-0.2, 0) is 13.1 Å². The van der Waals surface area contributed by atoms with Gasteiger partial charge in [0.15, 0.2) is 5.69 Å². The summed E-state index contributed by atoms with van der Waals surface area (Å²) in [6.45, 7) is 0.704. The molecule has 96 valence electrons. The van der Waals surface area contributed by atoms with Crippen molar-refractivity contribution in [3.05, 3.63) is 30.4 Å². The number of aromatic nitrogens is 5. The van der Waals surface area contributed by atoms with Crippen molar-refractivity contribution in [3.63, 3.8) is 0 Å². The Hall–Kier alpha value is -2.19. The first kappa shape index (κ1) is 12.3. The molecule has 0 aromatic carbocycles. The summed E-state index contributed by atoms with van der Waals surface area (Å²) in [5.74, 6) is -1.99. The van der Waals surface area contributed by atoms with Crippen LogP contribution in [0.2, 0.25) is 0 Å². The molecule has 2 aromatic heterocycles. The Morgan fingerprint density at radius 3 is 2.61 bits per heavy atom. The molecule has 0 amide bonds. The molecule has 0 aliphatic heterocycles. The minimum Gasteiger partial charge on any atom is -0.282 e. The van der Waals surface area contributed by atoms with E-state index in [0.717, 1.165) is 6.20 Å². The molecule has 18 heavy (non-hydrogen) atoms. The number of nitrogens with zero attached hydrogens (tertiary/aromatic N) is 5. The number of rotatable bonds is 4. The average molecular weight is 259 g/mol. The second-order valence-corrected chi connectivity index (χ2v) is 3.46. The molecule has 0 spiro atoms. The van der Waals surface area contributed by atoms with E-state index in [2.05, 4.69) is 15.4 Å². The van der Waals surface area contributed by atoms with Crippen LogP contribution in [-0.4, -0.2) is 36.7 Å². The normalized spacial score (nSPS) is 11.7. The van der Waals surface area contributed by atoms with Gasteiger partial charge in [0.2, 0.25) is 0 Å². The number of alkyl halides is 3. The first-order valence-corrected chi connectivity index (χ1v) is 4.96. The van der Waals surface area contributed by atoms with Crippen molar-refractivity contribution in [1.82, 2.24) is 24.8 Å². The highest BCUT2D eigenvalue weighted by Gasteiger charge is 2.41. The molecular formula is C9H8F3N5O. The lowest BCUT2D eigenvalue weighted by Gasteiger charge is -2.01. The standard InChI is InChI=1S/C9H8F3N5O/c10-9(11,12)8(18)7-6-17(15-14-7)5-4-16-3-1-2-13-16/h1-3,6H,4-5H2. The molecule has 0 radical (unpaired) electrons. The molecule has 0 bridgehead atoms. The highest BCUT2D eigenvalue weighted by molar-refractivity contribution is 5.98. The first-order valence-electron chi connectivity index (χ1n) is 4.96. The summed E-state index contributed by atoms with van der Waals surface area (Å²) in [5, 5.41) is 10.6. The third-order valence-corrected chi connectivity index (χ3v) is 2.15. The Bertz CT molecular complexity index is 531. The molecule has 6 nitrogen and oxygen atoms in total. The van der Waals surface area contributed by atoms with Crippen molar-refractivity contribution in [2.75, 3.05) is 0 Å². The van der Waals surface area contributed by atoms with E-state index in [-0.39, 0.29) is 6.54 Å². The Balaban J connectivity index is 2.00. The molecule has 0 N–H and O–H groups in total. The SMILES string of the molecule is O=C(c1cn(CCn2cccn2)nn1)C(F)(F)F. The molecule has 0 fully saturated rings. The molecule has 9 heteroatoms. The molecule has 2 rings (SSSR count). The van der Waals surface area contributed by atoms with Gasteiger partial charge in [-0.15, -0.1) is 5.10 Å². The van der Waals surface area contributed by atoms with Gasteiger partial charge < -0.3 is 0 Å². The monoisotopic (exact) mass is 259 g/mol. The van der Waals surface area contributed by atoms with Crippen LogP contribution in [0.1, 0.15) is 10.5 Å². The van der Waals surface area contributed by atoms with E-state index in [1.165, 1.54) is 4.68 Å². The van der Waals surface area contributed by atoms with Gasteiger partial charge in [0.25, 0.3) is 5.78 Å². The van der Waals surface area contributed by atoms with Crippen molar-refractivity contribution < 1.29 is 18.0 Å². The zero-order valence-corrected chi connectivity index (χ0v) is 9.00. The lowest BCUT2D eigenvalue weighted by atomic mass is 10.3. The number of carbonyl (C=O) groups is 1. The number of Topliss-reactive ketones (excluding diaryl/α,β-unsaturated/α-hetero) is 1. The lowest BCUT2D eigenvalue weighted by molar-refractivity contribution is -0.0888. The maximum absolute atomic E-state index is 12.1. The molecule has 0 saturated carbocycles. The van der Waals surface area contributed by atoms with Gasteiger partial charge in [0.1, 0.15) is 0 Å². The van der Waals surface area contributed by atoms with Gasteiger partial charge in [-0.25, -0.2) is 4.68 Å². The topological polar surface area (TPSA) is 65.6 Å². The molecule has 2 heterocycles. The Kier molecular flexibility index (Phi) is 3.13. The van der Waals surface area contributed by atoms with E-state index in [1.807, 2.05) is 0 Å². The van der Waals surface area contributed by atoms with E-state index in [1.54, 1.807) is 23.1 Å². The van der Waals surface area contributed by atoms with Crippen LogP contribution in [0, 0.1) is 0 Å². The second-order valence-electron chi connectivity index (χ2n) is 3.46. The Labute approximate surface area is 99.0 Å². The second kappa shape index (κ2) is 4.59. The fourth-order valence-corrected chi connectivity index (χ4v) is 1.29. The van der Waals surface area contributed by atoms with E-state index >= 15 is 0 Å². The molecular weight excluding hydrogens is 251 g/mol. The number of ketones is 1. The van der Waals surface area contributed by atoms with Crippen LogP contribution >= 0.6 is 0 Å². The fraction of sp³-hybridized carbons (Fsp3) is 0.333. The third-order valence-electron chi connectivity index (χ3n) is 2.15. The highest BCUT2D eigenvalue weighted by atomic mass is 19.4. The lowest BCUT2D eigenvalue weighted by Crippen LogP contribution is -2.23. The summed E-state index contributed by atoms with van der Waals surface area (Å²) in [5.41, 5.74) is -0.706. The van der Waals surface area contributed by atoms with Gasteiger partial charge in [0, 0.05) is 12.4 Å². The average Bonchev–Trinajstić information content (AvgIpc) is 2.95. The summed E-state index contributed by atoms with van der Waals surface area (Å²) in [4.78, 5) is 10.9. The van der Waals surface area contributed by atoms with Gasteiger partial charge in [-0.3, -0.25) is 9.48 Å². The minimum absolute atomic E-state index is 0.278. The number of hydrogen-bond acceptors (Lipinski definition) is 4. The molecule has 0 aliphatic carbocycles. The highest BCUT2D eigenvalue weighted by Crippen LogP contribution is 2.19. The minimum atomic E-state index is -4.93. The molecule has 0 saturated heterocycles. The van der Waals surface area contributed by atoms with Crippen molar-refractivity contribution in [2.24, 2.45) is 0 Å². The zero-order valence-electron chi connectivity index (χ0n) is 9.00. The predicted octanol–water partition coefficient (Wildman–Crippen LogP) is 0.920. The zero-order chi connectivity index (χ0) is 13.2. The van der Waals surface area contributed by atoms with Crippen molar-refractivity contribution in [2.45, 2.75) is 19.3 Å². The molecule has 0 aliphatic rings. The first-order chi connectivity index (χ1) is 8.47. The van der Waals surface area contributed by atoms with Gasteiger partial charge in [0.05, 0.1) is 19.3 Å². The van der Waals surface area contributed by atoms with Crippen LogP contribution in [0.4, 0.5) is 13.2 Å². The van der Waals surface area contributed by atoms with E-state index in [0.29, 0.717) is 6.54 Å². The van der Waals surface area contributed by atoms with Gasteiger partial charge in [-0.2, -0.15) is 18.3 Å². The quantitative estimate of drug-likeness (QED) is 0.766. The Morgan fingerprint density at radius 1 is 1.28 bits per heavy atom. The van der Waals surface area contributed by atoms with E-state index < -0.39 is 17.7 Å². The van der Waals surface area contributed by atoms with Crippen molar-refractivity contribution in [1.29, 1.82) is 0 Å². The van der Waals surface area contributed by atoms with Crippen LogP contribution < -0.4 is 0 Å². The number of hydrogen-bond donors (Lipinski definition) is 0. The van der Waals surface area contributed by atoms with Crippen molar-refractivity contribution in [3.8, 4) is 0 Å². The van der Waals surface area contributed by atoms with Gasteiger partial charge in [-0.05, 0) is 6.07 Å². The van der Waals surface area contributed by atoms with Crippen molar-refractivity contribution >= 4 is 5.78 Å². The molecule has 2 aromatic rings. The summed E-state index contributed by atoms with van der Waals surface area (Å²) in [6, 6.07) is 1.72. The van der Waals surface area contributed by atoms with Crippen LogP contribution in [0.5, 0.6) is 0 Å². The number of halogens is 3. The van der Waals surface area contributed by atoms with Gasteiger partial charge >= 0.3 is 6.18 Å². The van der Waals surface area contributed by atoms with E-state index in [9.17, 15) is 18.0 Å². The molecule has 0 unspecified atom stereocenters. The largest absolute Gasteiger partial charge is 0.456 e. The number of carbonyl (C=O) groups excluding carboxylic acids is 1. The van der Waals surface area contributed by atoms with E-state index in [4.69, 9.17) is 0 Å². The summed E-state index contributed by atoms with van der Waals surface area (Å²) in [7, 11) is 0. The molecule has 0 atom stereocenters. The summed E-state index contributed by atoms with van der Waals surface area (Å²) in [6.07, 6.45) is -0.666. The predicted molar refractivity (Wildman–Crippen MR) is 52.6 cm³/mol. The maximum Gasteiger partial charge on any atom is 0.456 e. The van der Waals surface area contributed by atoms with Crippen LogP contribution in [0.25, 0.3) is 0 Å². The Morgan fingerprint density at radius 2 is 2.00 bits per heavy atom. The summed E-state index contributed by atoms with van der Waals surface area (Å²) >= 11 is 0. The van der Waals surface area contributed by atoms with Crippen LogP contribution in [0.15, 0.2) is 24.7 Å². The van der Waals surface area contributed by atoms with Crippen LogP contribution in [0.3, 0.4) is 0 Å². The summed E-state index contributed by atoms with van der Waals surface area (Å²) < 4.78 is 39.1. The third kappa shape index (κ3) is 2.73. The smallest absolute Gasteiger partial charge is 0.282 e.